The average Bonchev–Trinajstić information content (AvgIpc) is 1.54. The van der Waals surface area contributed by atoms with Crippen LogP contribution in [-0.4, -0.2) is 0 Å². The molecular formula is C87H58N2O2. The molecule has 2 heterocycles. The van der Waals surface area contributed by atoms with Crippen LogP contribution >= 0.6 is 0 Å². The van der Waals surface area contributed by atoms with Crippen molar-refractivity contribution < 1.29 is 8.83 Å². The van der Waals surface area contributed by atoms with Gasteiger partial charge in [0.05, 0.1) is 22.5 Å². The Bertz CT molecular complexity index is 5670. The van der Waals surface area contributed by atoms with E-state index in [0.29, 0.717) is 0 Å². The number of rotatable bonds is 10. The molecule has 4 heteroatoms. The van der Waals surface area contributed by atoms with Crippen LogP contribution in [-0.2, 0) is 5.41 Å². The van der Waals surface area contributed by atoms with E-state index in [1.165, 1.54) is 55.3 Å². The summed E-state index contributed by atoms with van der Waals surface area (Å²) in [5, 5.41) is 11.3. The van der Waals surface area contributed by atoms with Crippen molar-refractivity contribution >= 4 is 110 Å². The maximum atomic E-state index is 7.51. The van der Waals surface area contributed by atoms with Crippen molar-refractivity contribution in [2.45, 2.75) is 19.3 Å². The van der Waals surface area contributed by atoms with Crippen LogP contribution in [0.15, 0.2) is 324 Å². The molecule has 18 rings (SSSR count). The molecule has 0 spiro atoms. The first kappa shape index (κ1) is 52.4. The predicted octanol–water partition coefficient (Wildman–Crippen LogP) is 24.2. The number of nitrogens with zero attached hydrogens (tertiary/aromatic N) is 2. The van der Waals surface area contributed by atoms with Gasteiger partial charge in [0.15, 0.2) is 11.2 Å². The molecule has 91 heavy (non-hydrogen) atoms. The first-order valence-corrected chi connectivity index (χ1v) is 31.4. The van der Waals surface area contributed by atoms with Gasteiger partial charge in [0.25, 0.3) is 0 Å². The number of benzene rings is 15. The lowest BCUT2D eigenvalue weighted by molar-refractivity contribution is 0.670. The van der Waals surface area contributed by atoms with E-state index in [1.807, 2.05) is 0 Å². The van der Waals surface area contributed by atoms with Crippen LogP contribution in [0.5, 0.6) is 0 Å². The van der Waals surface area contributed by atoms with Gasteiger partial charge in [-0.25, -0.2) is 0 Å². The fourth-order valence-corrected chi connectivity index (χ4v) is 15.1. The third-order valence-electron chi connectivity index (χ3n) is 19.2. The Kier molecular flexibility index (Phi) is 11.9. The smallest absolute Gasteiger partial charge is 0.159 e. The molecule has 0 fully saturated rings. The molecule has 0 saturated heterocycles. The Morgan fingerprint density at radius 1 is 0.275 bits per heavy atom. The van der Waals surface area contributed by atoms with Crippen LogP contribution in [0.2, 0.25) is 0 Å². The van der Waals surface area contributed by atoms with E-state index in [1.54, 1.807) is 0 Å². The summed E-state index contributed by atoms with van der Waals surface area (Å²) in [6, 6.07) is 116. The number of fused-ring (bicyclic) bond motifs is 15. The highest BCUT2D eigenvalue weighted by Crippen LogP contribution is 2.62. The highest BCUT2D eigenvalue weighted by Gasteiger charge is 2.48. The molecule has 0 atom stereocenters. The first-order chi connectivity index (χ1) is 45.0. The standard InChI is InChI=1S/C87H58N2O2/c1-55-41-45-63(46-42-55)88(77-39-21-37-71-81-66-33-17-15-27-59(66)51-73(85(81)90-83(71)77)57-23-7-3-8-24-57)65-49-50-70-75(53-65)87(61-29-11-5-12-30-61,62-31-13-6-14-32-62)76-54-79(68-35-19-20-36-69(68)80(70)76)89(64-47-43-56(2)44-48-64)78-40-22-38-72-82-67-34-18-16-28-60(67)52-74(86(82)91-84(72)78)58-25-9-4-10-26-58/h3-54H,1-2H3. The molecule has 0 amide bonds. The van der Waals surface area contributed by atoms with Crippen molar-refractivity contribution in [3.8, 4) is 33.4 Å². The van der Waals surface area contributed by atoms with E-state index in [4.69, 9.17) is 8.83 Å². The van der Waals surface area contributed by atoms with Crippen LogP contribution < -0.4 is 9.80 Å². The Morgan fingerprint density at radius 2 is 0.692 bits per heavy atom. The molecule has 1 aliphatic rings. The van der Waals surface area contributed by atoms with E-state index >= 15 is 0 Å². The van der Waals surface area contributed by atoms with Gasteiger partial charge in [0.2, 0.25) is 0 Å². The minimum atomic E-state index is -0.830. The maximum Gasteiger partial charge on any atom is 0.159 e. The van der Waals surface area contributed by atoms with Crippen molar-refractivity contribution in [2.75, 3.05) is 9.80 Å². The largest absolute Gasteiger partial charge is 0.453 e. The quantitative estimate of drug-likeness (QED) is 0.137. The van der Waals surface area contributed by atoms with Gasteiger partial charge < -0.3 is 18.6 Å². The van der Waals surface area contributed by atoms with Crippen molar-refractivity contribution in [3.05, 3.63) is 349 Å². The molecular weight excluding hydrogens is 1100 g/mol. The van der Waals surface area contributed by atoms with Gasteiger partial charge in [0, 0.05) is 55.1 Å². The number of hydrogen-bond acceptors (Lipinski definition) is 4. The summed E-state index contributed by atoms with van der Waals surface area (Å²) < 4.78 is 15.0. The lowest BCUT2D eigenvalue weighted by atomic mass is 9.67. The van der Waals surface area contributed by atoms with Crippen molar-refractivity contribution in [1.82, 2.24) is 0 Å². The SMILES string of the molecule is Cc1ccc(N(c2ccc3c(c2)C(c2ccccc2)(c2ccccc2)c2cc(N(c4ccc(C)cc4)c4cccc5c4oc4c(-c6ccccc6)cc6ccccc6c45)c4ccccc4c2-3)c2cccc3c2oc2c(-c4ccccc4)cc4ccccc4c23)cc1. The zero-order valence-corrected chi connectivity index (χ0v) is 50.2. The van der Waals surface area contributed by atoms with Crippen molar-refractivity contribution in [2.24, 2.45) is 0 Å². The van der Waals surface area contributed by atoms with Crippen LogP contribution in [0.1, 0.15) is 33.4 Å². The van der Waals surface area contributed by atoms with Crippen molar-refractivity contribution in [1.29, 1.82) is 0 Å². The Hall–Kier alpha value is -11.7. The summed E-state index contributed by atoms with van der Waals surface area (Å²) >= 11 is 0. The molecule has 0 N–H and O–H groups in total. The van der Waals surface area contributed by atoms with Gasteiger partial charge in [-0.15, -0.1) is 0 Å². The zero-order chi connectivity index (χ0) is 60.3. The van der Waals surface area contributed by atoms with Crippen molar-refractivity contribution in [3.63, 3.8) is 0 Å². The number of anilines is 6. The molecule has 0 saturated carbocycles. The van der Waals surface area contributed by atoms with E-state index in [0.717, 1.165) is 122 Å². The molecule has 0 unspecified atom stereocenters. The Balaban J connectivity index is 0.919. The summed E-state index contributed by atoms with van der Waals surface area (Å²) in [6.45, 7) is 4.32. The normalized spacial score (nSPS) is 12.6. The molecule has 0 bridgehead atoms. The first-order valence-electron chi connectivity index (χ1n) is 31.4. The van der Waals surface area contributed by atoms with E-state index < -0.39 is 5.41 Å². The lowest BCUT2D eigenvalue weighted by Crippen LogP contribution is -2.29. The minimum Gasteiger partial charge on any atom is -0.453 e. The topological polar surface area (TPSA) is 32.8 Å². The lowest BCUT2D eigenvalue weighted by Gasteiger charge is -2.36. The van der Waals surface area contributed by atoms with Crippen LogP contribution in [0.3, 0.4) is 0 Å². The molecule has 0 radical (unpaired) electrons. The fraction of sp³-hybridized carbons (Fsp3) is 0.0345. The number of furan rings is 2. The minimum absolute atomic E-state index is 0.821. The third-order valence-corrected chi connectivity index (χ3v) is 19.2. The Labute approximate surface area is 527 Å². The monoisotopic (exact) mass is 1160 g/mol. The van der Waals surface area contributed by atoms with E-state index in [-0.39, 0.29) is 0 Å². The van der Waals surface area contributed by atoms with Gasteiger partial charge in [-0.3, -0.25) is 0 Å². The van der Waals surface area contributed by atoms with Gasteiger partial charge in [-0.05, 0) is 152 Å². The van der Waals surface area contributed by atoms with E-state index in [9.17, 15) is 0 Å². The number of para-hydroxylation sites is 2. The highest BCUT2D eigenvalue weighted by molar-refractivity contribution is 6.26. The van der Waals surface area contributed by atoms with Gasteiger partial charge in [-0.1, -0.05) is 260 Å². The summed E-state index contributed by atoms with van der Waals surface area (Å²) in [6.07, 6.45) is 0. The molecule has 2 aromatic heterocycles. The maximum absolute atomic E-state index is 7.51. The Morgan fingerprint density at radius 3 is 1.21 bits per heavy atom. The number of hydrogen-bond donors (Lipinski definition) is 0. The van der Waals surface area contributed by atoms with E-state index in [2.05, 4.69) is 339 Å². The average molecular weight is 1160 g/mol. The van der Waals surface area contributed by atoms with Gasteiger partial charge >= 0.3 is 0 Å². The molecule has 17 aromatic rings. The second-order valence-electron chi connectivity index (χ2n) is 24.4. The van der Waals surface area contributed by atoms with Crippen LogP contribution in [0, 0.1) is 13.8 Å². The number of aryl methyl sites for hydroxylation is 2. The second kappa shape index (κ2) is 20.7. The van der Waals surface area contributed by atoms with Gasteiger partial charge in [0.1, 0.15) is 11.2 Å². The molecule has 15 aromatic carbocycles. The second-order valence-corrected chi connectivity index (χ2v) is 24.4. The summed E-state index contributed by atoms with van der Waals surface area (Å²) in [5.41, 5.74) is 22.4. The molecule has 4 nitrogen and oxygen atoms in total. The molecule has 0 aliphatic heterocycles. The summed E-state index contributed by atoms with van der Waals surface area (Å²) in [4.78, 5) is 4.88. The fourth-order valence-electron chi connectivity index (χ4n) is 15.1. The summed E-state index contributed by atoms with van der Waals surface area (Å²) in [5.74, 6) is 0. The predicted molar refractivity (Wildman–Crippen MR) is 381 cm³/mol. The molecule has 428 valence electrons. The van der Waals surface area contributed by atoms with Crippen LogP contribution in [0.4, 0.5) is 34.1 Å². The third kappa shape index (κ3) is 8.02. The van der Waals surface area contributed by atoms with Gasteiger partial charge in [-0.2, -0.15) is 0 Å². The zero-order valence-electron chi connectivity index (χ0n) is 50.2. The molecule has 1 aliphatic carbocycles. The summed E-state index contributed by atoms with van der Waals surface area (Å²) in [7, 11) is 0. The van der Waals surface area contributed by atoms with Crippen LogP contribution in [0.25, 0.3) is 110 Å². The highest BCUT2D eigenvalue weighted by atomic mass is 16.3.